The van der Waals surface area contributed by atoms with E-state index in [4.69, 9.17) is 11.6 Å². The van der Waals surface area contributed by atoms with Gasteiger partial charge in [0.2, 0.25) is 0 Å². The summed E-state index contributed by atoms with van der Waals surface area (Å²) in [5, 5.41) is 0.404. The SMILES string of the molecule is CCCCCCC(Cl)CSC. The molecule has 0 fully saturated rings. The van der Waals surface area contributed by atoms with Crippen LogP contribution in [0, 0.1) is 0 Å². The minimum Gasteiger partial charge on any atom is -0.164 e. The third-order valence-corrected chi connectivity index (χ3v) is 3.01. The first-order chi connectivity index (χ1) is 5.31. The zero-order valence-electron chi connectivity index (χ0n) is 7.61. The molecule has 0 aromatic carbocycles. The number of halogens is 1. The molecule has 0 aromatic heterocycles. The van der Waals surface area contributed by atoms with Gasteiger partial charge in [-0.1, -0.05) is 32.6 Å². The highest BCUT2D eigenvalue weighted by Gasteiger charge is 2.01. The predicted octanol–water partition coefficient (Wildman–Crippen LogP) is 3.93. The van der Waals surface area contributed by atoms with E-state index in [0.717, 1.165) is 5.75 Å². The van der Waals surface area contributed by atoms with Crippen LogP contribution >= 0.6 is 23.4 Å². The molecule has 0 saturated heterocycles. The summed E-state index contributed by atoms with van der Waals surface area (Å²) in [6, 6.07) is 0. The maximum Gasteiger partial charge on any atom is 0.0426 e. The van der Waals surface area contributed by atoms with E-state index < -0.39 is 0 Å². The molecule has 0 aliphatic rings. The Kier molecular flexibility index (Phi) is 9.24. The van der Waals surface area contributed by atoms with Crippen molar-refractivity contribution in [2.45, 2.75) is 44.4 Å². The molecule has 0 bridgehead atoms. The molecular weight excluding hydrogens is 176 g/mol. The summed E-state index contributed by atoms with van der Waals surface area (Å²) in [5.41, 5.74) is 0. The molecule has 11 heavy (non-hydrogen) atoms. The van der Waals surface area contributed by atoms with E-state index >= 15 is 0 Å². The second kappa shape index (κ2) is 8.73. The van der Waals surface area contributed by atoms with Gasteiger partial charge in [-0.05, 0) is 12.7 Å². The lowest BCUT2D eigenvalue weighted by Gasteiger charge is -2.05. The average Bonchev–Trinajstić information content (AvgIpc) is 1.99. The number of hydrogen-bond donors (Lipinski definition) is 0. The maximum absolute atomic E-state index is 6.04. The van der Waals surface area contributed by atoms with Gasteiger partial charge in [-0.3, -0.25) is 0 Å². The van der Waals surface area contributed by atoms with Crippen LogP contribution in [0.1, 0.15) is 39.0 Å². The van der Waals surface area contributed by atoms with Gasteiger partial charge in [0.25, 0.3) is 0 Å². The fraction of sp³-hybridized carbons (Fsp3) is 1.00. The lowest BCUT2D eigenvalue weighted by molar-refractivity contribution is 0.630. The summed E-state index contributed by atoms with van der Waals surface area (Å²) in [5.74, 6) is 1.10. The number of rotatable bonds is 7. The molecule has 1 unspecified atom stereocenters. The van der Waals surface area contributed by atoms with Crippen LogP contribution in [0.4, 0.5) is 0 Å². The highest BCUT2D eigenvalue weighted by atomic mass is 35.5. The van der Waals surface area contributed by atoms with Crippen LogP contribution in [0.15, 0.2) is 0 Å². The fourth-order valence-electron chi connectivity index (χ4n) is 1.06. The molecule has 0 aliphatic carbocycles. The highest BCUT2D eigenvalue weighted by molar-refractivity contribution is 7.98. The first-order valence-corrected chi connectivity index (χ1v) is 6.27. The Labute approximate surface area is 80.1 Å². The van der Waals surface area contributed by atoms with Crippen molar-refractivity contribution in [1.29, 1.82) is 0 Å². The largest absolute Gasteiger partial charge is 0.164 e. The Morgan fingerprint density at radius 1 is 1.27 bits per heavy atom. The van der Waals surface area contributed by atoms with Crippen molar-refractivity contribution in [2.24, 2.45) is 0 Å². The van der Waals surface area contributed by atoms with Crippen LogP contribution in [-0.2, 0) is 0 Å². The van der Waals surface area contributed by atoms with E-state index in [-0.39, 0.29) is 0 Å². The van der Waals surface area contributed by atoms with Gasteiger partial charge in [-0.2, -0.15) is 11.8 Å². The van der Waals surface area contributed by atoms with Crippen molar-refractivity contribution < 1.29 is 0 Å². The molecule has 0 rings (SSSR count). The van der Waals surface area contributed by atoms with E-state index in [2.05, 4.69) is 13.2 Å². The first-order valence-electron chi connectivity index (χ1n) is 4.44. The topological polar surface area (TPSA) is 0 Å². The zero-order chi connectivity index (χ0) is 8.53. The Hall–Kier alpha value is 0.640. The summed E-state index contributed by atoms with van der Waals surface area (Å²) < 4.78 is 0. The van der Waals surface area contributed by atoms with E-state index in [9.17, 15) is 0 Å². The summed E-state index contributed by atoms with van der Waals surface area (Å²) >= 11 is 7.88. The lowest BCUT2D eigenvalue weighted by atomic mass is 10.1. The van der Waals surface area contributed by atoms with Crippen molar-refractivity contribution >= 4 is 23.4 Å². The van der Waals surface area contributed by atoms with Crippen LogP contribution in [0.5, 0.6) is 0 Å². The molecule has 0 nitrogen and oxygen atoms in total. The molecule has 68 valence electrons. The predicted molar refractivity (Wildman–Crippen MR) is 56.8 cm³/mol. The smallest absolute Gasteiger partial charge is 0.0426 e. The Bertz CT molecular complexity index is 76.0. The molecule has 0 saturated carbocycles. The quantitative estimate of drug-likeness (QED) is 0.437. The van der Waals surface area contributed by atoms with Gasteiger partial charge in [0, 0.05) is 11.1 Å². The number of thioether (sulfide) groups is 1. The minimum atomic E-state index is 0.404. The normalized spacial score (nSPS) is 13.4. The summed E-state index contributed by atoms with van der Waals surface area (Å²) in [7, 11) is 0. The third-order valence-electron chi connectivity index (χ3n) is 1.72. The van der Waals surface area contributed by atoms with Gasteiger partial charge < -0.3 is 0 Å². The molecule has 0 spiro atoms. The fourth-order valence-corrected chi connectivity index (χ4v) is 2.12. The van der Waals surface area contributed by atoms with Crippen LogP contribution in [0.25, 0.3) is 0 Å². The second-order valence-corrected chi connectivity index (χ2v) is 4.43. The molecule has 0 heterocycles. The Morgan fingerprint density at radius 3 is 2.55 bits per heavy atom. The first kappa shape index (κ1) is 11.6. The highest BCUT2D eigenvalue weighted by Crippen LogP contribution is 2.13. The second-order valence-electron chi connectivity index (χ2n) is 2.90. The van der Waals surface area contributed by atoms with E-state index in [1.165, 1.54) is 32.1 Å². The molecule has 0 N–H and O–H groups in total. The monoisotopic (exact) mass is 194 g/mol. The Morgan fingerprint density at radius 2 is 2.00 bits per heavy atom. The Balaban J connectivity index is 2.97. The minimum absolute atomic E-state index is 0.404. The third kappa shape index (κ3) is 8.55. The number of hydrogen-bond acceptors (Lipinski definition) is 1. The summed E-state index contributed by atoms with van der Waals surface area (Å²) in [6.07, 6.45) is 8.65. The van der Waals surface area contributed by atoms with E-state index in [0.29, 0.717) is 5.38 Å². The van der Waals surface area contributed by atoms with Gasteiger partial charge in [-0.25, -0.2) is 0 Å². The summed E-state index contributed by atoms with van der Waals surface area (Å²) in [6.45, 7) is 2.24. The van der Waals surface area contributed by atoms with E-state index in [1.807, 2.05) is 11.8 Å². The van der Waals surface area contributed by atoms with Gasteiger partial charge in [-0.15, -0.1) is 11.6 Å². The molecular formula is C9H19ClS. The van der Waals surface area contributed by atoms with Crippen LogP contribution < -0.4 is 0 Å². The lowest BCUT2D eigenvalue weighted by Crippen LogP contribution is -2.01. The van der Waals surface area contributed by atoms with Gasteiger partial charge in [0.15, 0.2) is 0 Å². The molecule has 0 aromatic rings. The van der Waals surface area contributed by atoms with Gasteiger partial charge in [0.05, 0.1) is 0 Å². The van der Waals surface area contributed by atoms with E-state index in [1.54, 1.807) is 0 Å². The van der Waals surface area contributed by atoms with Crippen molar-refractivity contribution in [2.75, 3.05) is 12.0 Å². The molecule has 0 radical (unpaired) electrons. The van der Waals surface area contributed by atoms with Crippen molar-refractivity contribution in [3.8, 4) is 0 Å². The van der Waals surface area contributed by atoms with Crippen molar-refractivity contribution in [3.63, 3.8) is 0 Å². The van der Waals surface area contributed by atoms with Crippen molar-refractivity contribution in [3.05, 3.63) is 0 Å². The molecule has 1 atom stereocenters. The van der Waals surface area contributed by atoms with Gasteiger partial charge >= 0.3 is 0 Å². The van der Waals surface area contributed by atoms with Crippen LogP contribution in [0.2, 0.25) is 0 Å². The molecule has 2 heteroatoms. The van der Waals surface area contributed by atoms with Crippen LogP contribution in [-0.4, -0.2) is 17.4 Å². The zero-order valence-corrected chi connectivity index (χ0v) is 9.18. The standard InChI is InChI=1S/C9H19ClS/c1-3-4-5-6-7-9(10)8-11-2/h9H,3-8H2,1-2H3. The maximum atomic E-state index is 6.04. The molecule has 0 aliphatic heterocycles. The average molecular weight is 195 g/mol. The number of alkyl halides is 1. The van der Waals surface area contributed by atoms with Crippen LogP contribution in [0.3, 0.4) is 0 Å². The number of unbranched alkanes of at least 4 members (excludes halogenated alkanes) is 3. The summed E-state index contributed by atoms with van der Waals surface area (Å²) in [4.78, 5) is 0. The molecule has 0 amide bonds. The van der Waals surface area contributed by atoms with Gasteiger partial charge in [0.1, 0.15) is 0 Å². The van der Waals surface area contributed by atoms with Crippen molar-refractivity contribution in [1.82, 2.24) is 0 Å².